The Morgan fingerprint density at radius 3 is 3.08 bits per heavy atom. The SMILES string of the molecule is COCC(C)C1=CC(Cl)CCC1. The van der Waals surface area contributed by atoms with E-state index in [4.69, 9.17) is 16.3 Å². The zero-order valence-corrected chi connectivity index (χ0v) is 8.60. The van der Waals surface area contributed by atoms with Gasteiger partial charge in [0.1, 0.15) is 0 Å². The van der Waals surface area contributed by atoms with E-state index in [9.17, 15) is 0 Å². The first-order valence-electron chi connectivity index (χ1n) is 4.57. The summed E-state index contributed by atoms with van der Waals surface area (Å²) in [6.07, 6.45) is 5.77. The number of ether oxygens (including phenoxy) is 1. The lowest BCUT2D eigenvalue weighted by Gasteiger charge is -2.21. The highest BCUT2D eigenvalue weighted by molar-refractivity contribution is 6.21. The average Bonchev–Trinajstić information content (AvgIpc) is 2.05. The minimum absolute atomic E-state index is 0.257. The molecule has 0 heterocycles. The molecule has 1 nitrogen and oxygen atoms in total. The third-order valence-electron chi connectivity index (χ3n) is 2.39. The molecule has 2 atom stereocenters. The average molecular weight is 189 g/mol. The first-order valence-corrected chi connectivity index (χ1v) is 5.01. The zero-order valence-electron chi connectivity index (χ0n) is 7.85. The third-order valence-corrected chi connectivity index (χ3v) is 2.73. The quantitative estimate of drug-likeness (QED) is 0.489. The highest BCUT2D eigenvalue weighted by atomic mass is 35.5. The van der Waals surface area contributed by atoms with Crippen molar-refractivity contribution in [3.63, 3.8) is 0 Å². The van der Waals surface area contributed by atoms with Gasteiger partial charge in [0.05, 0.1) is 12.0 Å². The second kappa shape index (κ2) is 4.88. The van der Waals surface area contributed by atoms with Gasteiger partial charge in [0, 0.05) is 13.0 Å². The van der Waals surface area contributed by atoms with Gasteiger partial charge in [-0.1, -0.05) is 18.6 Å². The summed E-state index contributed by atoms with van der Waals surface area (Å²) in [5, 5.41) is 0.257. The molecule has 0 spiro atoms. The molecule has 1 aliphatic carbocycles. The fraction of sp³-hybridized carbons (Fsp3) is 0.800. The van der Waals surface area contributed by atoms with Crippen LogP contribution in [0.1, 0.15) is 26.2 Å². The molecule has 0 N–H and O–H groups in total. The maximum absolute atomic E-state index is 6.04. The first kappa shape index (κ1) is 10.1. The predicted octanol–water partition coefficient (Wildman–Crippen LogP) is 2.99. The van der Waals surface area contributed by atoms with E-state index in [0.29, 0.717) is 5.92 Å². The Morgan fingerprint density at radius 2 is 2.50 bits per heavy atom. The molecule has 2 heteroatoms. The maximum atomic E-state index is 6.04. The summed E-state index contributed by atoms with van der Waals surface area (Å²) in [5.41, 5.74) is 1.48. The fourth-order valence-corrected chi connectivity index (χ4v) is 1.98. The standard InChI is InChI=1S/C10H17ClO/c1-8(7-12-2)9-4-3-5-10(11)6-9/h6,8,10H,3-5,7H2,1-2H3. The molecule has 70 valence electrons. The number of methoxy groups -OCH3 is 1. The molecule has 12 heavy (non-hydrogen) atoms. The number of alkyl halides is 1. The molecule has 0 radical (unpaired) electrons. The Labute approximate surface area is 79.7 Å². The highest BCUT2D eigenvalue weighted by Gasteiger charge is 2.15. The summed E-state index contributed by atoms with van der Waals surface area (Å²) in [4.78, 5) is 0. The maximum Gasteiger partial charge on any atom is 0.0525 e. The molecule has 0 aromatic heterocycles. The Bertz CT molecular complexity index is 165. The van der Waals surface area contributed by atoms with Crippen LogP contribution in [0.5, 0.6) is 0 Å². The highest BCUT2D eigenvalue weighted by Crippen LogP contribution is 2.26. The Hall–Kier alpha value is -0.0100. The molecule has 0 aliphatic heterocycles. The molecular weight excluding hydrogens is 172 g/mol. The lowest BCUT2D eigenvalue weighted by atomic mass is 9.90. The molecular formula is C10H17ClO. The number of rotatable bonds is 3. The molecule has 2 unspecified atom stereocenters. The molecule has 0 aromatic rings. The number of halogens is 1. The van der Waals surface area contributed by atoms with E-state index in [0.717, 1.165) is 13.0 Å². The van der Waals surface area contributed by atoms with Gasteiger partial charge in [-0.2, -0.15) is 0 Å². The van der Waals surface area contributed by atoms with Gasteiger partial charge >= 0.3 is 0 Å². The number of hydrogen-bond donors (Lipinski definition) is 0. The van der Waals surface area contributed by atoms with Crippen molar-refractivity contribution in [2.45, 2.75) is 31.6 Å². The molecule has 0 saturated carbocycles. The van der Waals surface area contributed by atoms with E-state index in [2.05, 4.69) is 13.0 Å². The number of hydrogen-bond acceptors (Lipinski definition) is 1. The Kier molecular flexibility index (Phi) is 4.10. The lowest BCUT2D eigenvalue weighted by molar-refractivity contribution is 0.170. The Morgan fingerprint density at radius 1 is 1.75 bits per heavy atom. The minimum Gasteiger partial charge on any atom is -0.384 e. The van der Waals surface area contributed by atoms with Crippen LogP contribution in [0.25, 0.3) is 0 Å². The monoisotopic (exact) mass is 188 g/mol. The topological polar surface area (TPSA) is 9.23 Å². The van der Waals surface area contributed by atoms with Crippen LogP contribution >= 0.6 is 11.6 Å². The predicted molar refractivity (Wildman–Crippen MR) is 52.6 cm³/mol. The van der Waals surface area contributed by atoms with Gasteiger partial charge < -0.3 is 4.74 Å². The molecule has 1 rings (SSSR count). The summed E-state index contributed by atoms with van der Waals surface area (Å²) in [5.74, 6) is 0.538. The van der Waals surface area contributed by atoms with Crippen molar-refractivity contribution in [3.05, 3.63) is 11.6 Å². The lowest BCUT2D eigenvalue weighted by Crippen LogP contribution is -2.12. The van der Waals surface area contributed by atoms with Crippen LogP contribution in [-0.4, -0.2) is 19.1 Å². The molecule has 0 bridgehead atoms. The van der Waals surface area contributed by atoms with Crippen molar-refractivity contribution < 1.29 is 4.74 Å². The van der Waals surface area contributed by atoms with Crippen LogP contribution in [0.4, 0.5) is 0 Å². The van der Waals surface area contributed by atoms with Gasteiger partial charge in [-0.15, -0.1) is 11.6 Å². The van der Waals surface area contributed by atoms with Crippen LogP contribution in [-0.2, 0) is 4.74 Å². The summed E-state index contributed by atoms with van der Waals surface area (Å²) in [6, 6.07) is 0. The minimum atomic E-state index is 0.257. The zero-order chi connectivity index (χ0) is 8.97. The van der Waals surface area contributed by atoms with E-state index in [-0.39, 0.29) is 5.38 Å². The van der Waals surface area contributed by atoms with Crippen molar-refractivity contribution in [2.24, 2.45) is 5.92 Å². The third kappa shape index (κ3) is 2.80. The first-order chi connectivity index (χ1) is 5.74. The number of allylic oxidation sites excluding steroid dienone is 1. The normalized spacial score (nSPS) is 26.6. The van der Waals surface area contributed by atoms with Crippen LogP contribution in [0.2, 0.25) is 0 Å². The Balaban J connectivity index is 2.48. The smallest absolute Gasteiger partial charge is 0.0525 e. The summed E-state index contributed by atoms with van der Waals surface area (Å²) < 4.78 is 5.11. The van der Waals surface area contributed by atoms with Crippen molar-refractivity contribution in [1.82, 2.24) is 0 Å². The van der Waals surface area contributed by atoms with Crippen molar-refractivity contribution in [1.29, 1.82) is 0 Å². The molecule has 1 aliphatic rings. The molecule has 0 fully saturated rings. The van der Waals surface area contributed by atoms with E-state index in [1.54, 1.807) is 7.11 Å². The van der Waals surface area contributed by atoms with E-state index in [1.807, 2.05) is 0 Å². The second-order valence-electron chi connectivity index (χ2n) is 3.51. The van der Waals surface area contributed by atoms with Gasteiger partial charge in [-0.05, 0) is 19.3 Å². The second-order valence-corrected chi connectivity index (χ2v) is 4.07. The van der Waals surface area contributed by atoms with Crippen LogP contribution < -0.4 is 0 Å². The van der Waals surface area contributed by atoms with Crippen molar-refractivity contribution in [3.8, 4) is 0 Å². The van der Waals surface area contributed by atoms with Gasteiger partial charge in [0.15, 0.2) is 0 Å². The molecule has 0 saturated heterocycles. The molecule has 0 amide bonds. The summed E-state index contributed by atoms with van der Waals surface area (Å²) in [6.45, 7) is 3.01. The van der Waals surface area contributed by atoms with Crippen molar-refractivity contribution in [2.75, 3.05) is 13.7 Å². The van der Waals surface area contributed by atoms with Crippen LogP contribution in [0, 0.1) is 5.92 Å². The van der Waals surface area contributed by atoms with Gasteiger partial charge in [-0.3, -0.25) is 0 Å². The van der Waals surface area contributed by atoms with Gasteiger partial charge in [0.25, 0.3) is 0 Å². The van der Waals surface area contributed by atoms with E-state index in [1.165, 1.54) is 18.4 Å². The van der Waals surface area contributed by atoms with Crippen LogP contribution in [0.15, 0.2) is 11.6 Å². The van der Waals surface area contributed by atoms with E-state index >= 15 is 0 Å². The fourth-order valence-electron chi connectivity index (χ4n) is 1.67. The van der Waals surface area contributed by atoms with Gasteiger partial charge in [-0.25, -0.2) is 0 Å². The summed E-state index contributed by atoms with van der Waals surface area (Å²) in [7, 11) is 1.75. The van der Waals surface area contributed by atoms with E-state index < -0.39 is 0 Å². The summed E-state index contributed by atoms with van der Waals surface area (Å²) >= 11 is 6.04. The molecule has 0 aromatic carbocycles. The van der Waals surface area contributed by atoms with Crippen LogP contribution in [0.3, 0.4) is 0 Å². The largest absolute Gasteiger partial charge is 0.384 e. The van der Waals surface area contributed by atoms with Gasteiger partial charge in [0.2, 0.25) is 0 Å². The van der Waals surface area contributed by atoms with Crippen molar-refractivity contribution >= 4 is 11.6 Å².